The van der Waals surface area contributed by atoms with Gasteiger partial charge in [0.2, 0.25) is 11.9 Å². The lowest BCUT2D eigenvalue weighted by molar-refractivity contribution is 0.0378. The molecule has 178 valence electrons. The van der Waals surface area contributed by atoms with Gasteiger partial charge in [0.15, 0.2) is 5.65 Å². The lowest BCUT2D eigenvalue weighted by Gasteiger charge is -2.26. The Morgan fingerprint density at radius 2 is 1.97 bits per heavy atom. The van der Waals surface area contributed by atoms with Gasteiger partial charge >= 0.3 is 0 Å². The molecule has 2 N–H and O–H groups in total. The number of hydrogen-bond donors (Lipinski definition) is 2. The maximum atomic E-state index is 5.43. The van der Waals surface area contributed by atoms with Crippen molar-refractivity contribution in [3.05, 3.63) is 41.6 Å². The Labute approximate surface area is 195 Å². The van der Waals surface area contributed by atoms with Gasteiger partial charge in [-0.3, -0.25) is 4.90 Å². The van der Waals surface area contributed by atoms with Crippen LogP contribution in [-0.4, -0.2) is 71.0 Å². The summed E-state index contributed by atoms with van der Waals surface area (Å²) in [6.07, 6.45) is 2.91. The molecule has 33 heavy (non-hydrogen) atoms. The predicted molar refractivity (Wildman–Crippen MR) is 130 cm³/mol. The van der Waals surface area contributed by atoms with Crippen LogP contribution >= 0.6 is 0 Å². The molecule has 0 saturated carbocycles. The molecule has 2 aromatic heterocycles. The summed E-state index contributed by atoms with van der Waals surface area (Å²) in [7, 11) is 1.68. The van der Waals surface area contributed by atoms with E-state index in [-0.39, 0.29) is 6.04 Å². The van der Waals surface area contributed by atoms with Crippen LogP contribution in [0.5, 0.6) is 5.75 Å². The number of ether oxygens (including phenoxy) is 2. The fraction of sp³-hybridized carbons (Fsp3) is 0.542. The molecule has 3 aromatic rings. The summed E-state index contributed by atoms with van der Waals surface area (Å²) in [5, 5.41) is 11.5. The Balaban J connectivity index is 1.51. The maximum Gasteiger partial charge on any atom is 0.229 e. The minimum atomic E-state index is 0.0130. The van der Waals surface area contributed by atoms with Gasteiger partial charge in [-0.25, -0.2) is 0 Å². The highest BCUT2D eigenvalue weighted by molar-refractivity contribution is 5.56. The van der Waals surface area contributed by atoms with Gasteiger partial charge in [0, 0.05) is 25.2 Å². The molecule has 1 aliphatic heterocycles. The molecule has 1 aromatic carbocycles. The van der Waals surface area contributed by atoms with Gasteiger partial charge in [-0.05, 0) is 43.5 Å². The highest BCUT2D eigenvalue weighted by atomic mass is 16.5. The predicted octanol–water partition coefficient (Wildman–Crippen LogP) is 3.56. The molecule has 1 aliphatic rings. The zero-order chi connectivity index (χ0) is 23.2. The normalized spacial score (nSPS) is 15.7. The number of rotatable bonds is 10. The Morgan fingerprint density at radius 1 is 1.15 bits per heavy atom. The first-order valence-electron chi connectivity index (χ1n) is 11.7. The summed E-state index contributed by atoms with van der Waals surface area (Å²) in [6.45, 7) is 11.9. The first-order valence-corrected chi connectivity index (χ1v) is 11.7. The molecule has 1 fully saturated rings. The minimum absolute atomic E-state index is 0.0130. The molecule has 3 heterocycles. The van der Waals surface area contributed by atoms with Crippen molar-refractivity contribution in [1.29, 1.82) is 0 Å². The van der Waals surface area contributed by atoms with Gasteiger partial charge in [-0.15, -0.1) is 0 Å². The highest BCUT2D eigenvalue weighted by Crippen LogP contribution is 2.25. The van der Waals surface area contributed by atoms with Gasteiger partial charge in [-0.2, -0.15) is 19.6 Å². The van der Waals surface area contributed by atoms with Crippen molar-refractivity contribution in [3.63, 3.8) is 0 Å². The Bertz CT molecular complexity index is 1050. The van der Waals surface area contributed by atoms with Crippen LogP contribution in [0.3, 0.4) is 0 Å². The van der Waals surface area contributed by atoms with Crippen molar-refractivity contribution >= 4 is 17.5 Å². The van der Waals surface area contributed by atoms with E-state index in [9.17, 15) is 0 Å². The molecule has 4 rings (SSSR count). The quantitative estimate of drug-likeness (QED) is 0.451. The molecule has 0 amide bonds. The first-order chi connectivity index (χ1) is 16.0. The number of benzene rings is 1. The van der Waals surface area contributed by atoms with Crippen LogP contribution in [0, 0.1) is 0 Å². The average molecular weight is 454 g/mol. The van der Waals surface area contributed by atoms with Crippen molar-refractivity contribution in [2.24, 2.45) is 0 Å². The lowest BCUT2D eigenvalue weighted by atomic mass is 10.1. The van der Waals surface area contributed by atoms with E-state index < -0.39 is 0 Å². The summed E-state index contributed by atoms with van der Waals surface area (Å²) < 4.78 is 12.6. The third-order valence-corrected chi connectivity index (χ3v) is 5.99. The zero-order valence-corrected chi connectivity index (χ0v) is 20.0. The van der Waals surface area contributed by atoms with E-state index in [1.807, 2.05) is 24.4 Å². The fourth-order valence-corrected chi connectivity index (χ4v) is 3.99. The first kappa shape index (κ1) is 23.3. The summed E-state index contributed by atoms with van der Waals surface area (Å²) in [6, 6.07) is 8.06. The van der Waals surface area contributed by atoms with Crippen molar-refractivity contribution in [3.8, 4) is 5.75 Å². The standard InChI is InChI=1S/C24H35N7O2/c1-17(2)21-16-26-31-22(21)28-23(25-9-6-10-30-11-13-33-14-12-30)29-24(31)27-18(3)19-7-5-8-20(15-19)32-4/h5,7-8,15-18H,6,9-14H2,1-4H3,(H2,25,27,28,29)/t18-/m0/s1. The molecular formula is C24H35N7O2. The topological polar surface area (TPSA) is 88.8 Å². The van der Waals surface area contributed by atoms with E-state index in [4.69, 9.17) is 19.4 Å². The number of nitrogens with one attached hydrogen (secondary N) is 2. The smallest absolute Gasteiger partial charge is 0.229 e. The third-order valence-electron chi connectivity index (χ3n) is 5.99. The van der Waals surface area contributed by atoms with Gasteiger partial charge in [0.25, 0.3) is 0 Å². The van der Waals surface area contributed by atoms with Crippen LogP contribution < -0.4 is 15.4 Å². The summed E-state index contributed by atoms with van der Waals surface area (Å²) in [5.74, 6) is 2.43. The number of methoxy groups -OCH3 is 1. The van der Waals surface area contributed by atoms with Gasteiger partial charge in [0.1, 0.15) is 5.75 Å². The summed E-state index contributed by atoms with van der Waals surface area (Å²) in [5.41, 5.74) is 3.04. The van der Waals surface area contributed by atoms with E-state index >= 15 is 0 Å². The molecule has 0 bridgehead atoms. The largest absolute Gasteiger partial charge is 0.497 e. The summed E-state index contributed by atoms with van der Waals surface area (Å²) in [4.78, 5) is 12.0. The molecule has 1 saturated heterocycles. The Kier molecular flexibility index (Phi) is 7.61. The number of fused-ring (bicyclic) bond motifs is 1. The second kappa shape index (κ2) is 10.8. The number of aromatic nitrogens is 4. The number of nitrogens with zero attached hydrogens (tertiary/aromatic N) is 5. The van der Waals surface area contributed by atoms with Crippen molar-refractivity contribution in [1.82, 2.24) is 24.5 Å². The number of anilines is 2. The third kappa shape index (κ3) is 5.72. The Hall–Kier alpha value is -2.91. The van der Waals surface area contributed by atoms with Crippen LogP contribution in [0.4, 0.5) is 11.9 Å². The van der Waals surface area contributed by atoms with Crippen molar-refractivity contribution < 1.29 is 9.47 Å². The molecule has 0 unspecified atom stereocenters. The van der Waals surface area contributed by atoms with Crippen molar-refractivity contribution in [2.45, 2.75) is 39.2 Å². The van der Waals surface area contributed by atoms with E-state index in [0.717, 1.165) is 68.3 Å². The van der Waals surface area contributed by atoms with E-state index in [1.165, 1.54) is 0 Å². The van der Waals surface area contributed by atoms with E-state index in [0.29, 0.717) is 17.8 Å². The number of morpholine rings is 1. The van der Waals surface area contributed by atoms with Gasteiger partial charge < -0.3 is 20.1 Å². The van der Waals surface area contributed by atoms with Crippen LogP contribution in [0.2, 0.25) is 0 Å². The second-order valence-corrected chi connectivity index (χ2v) is 8.74. The van der Waals surface area contributed by atoms with Gasteiger partial charge in [0.05, 0.1) is 32.6 Å². The van der Waals surface area contributed by atoms with Crippen molar-refractivity contribution in [2.75, 3.05) is 57.1 Å². The second-order valence-electron chi connectivity index (χ2n) is 8.74. The van der Waals surface area contributed by atoms with Crippen LogP contribution in [0.1, 0.15) is 50.3 Å². The average Bonchev–Trinajstić information content (AvgIpc) is 3.27. The lowest BCUT2D eigenvalue weighted by Crippen LogP contribution is -2.37. The minimum Gasteiger partial charge on any atom is -0.497 e. The fourth-order valence-electron chi connectivity index (χ4n) is 3.99. The van der Waals surface area contributed by atoms with Crippen LogP contribution in [-0.2, 0) is 4.74 Å². The summed E-state index contributed by atoms with van der Waals surface area (Å²) >= 11 is 0. The molecule has 0 spiro atoms. The molecule has 0 radical (unpaired) electrons. The monoisotopic (exact) mass is 453 g/mol. The molecular weight excluding hydrogens is 418 g/mol. The molecule has 1 atom stereocenters. The SMILES string of the molecule is COc1cccc([C@H](C)Nc2nc(NCCCN3CCOCC3)nc3c(C(C)C)cnn23)c1. The molecule has 0 aliphatic carbocycles. The zero-order valence-electron chi connectivity index (χ0n) is 20.0. The molecule has 9 nitrogen and oxygen atoms in total. The highest BCUT2D eigenvalue weighted by Gasteiger charge is 2.17. The maximum absolute atomic E-state index is 5.43. The Morgan fingerprint density at radius 3 is 2.73 bits per heavy atom. The van der Waals surface area contributed by atoms with Gasteiger partial charge in [-0.1, -0.05) is 26.0 Å². The van der Waals surface area contributed by atoms with Crippen LogP contribution in [0.25, 0.3) is 5.65 Å². The van der Waals surface area contributed by atoms with E-state index in [2.05, 4.69) is 47.5 Å². The number of hydrogen-bond acceptors (Lipinski definition) is 8. The van der Waals surface area contributed by atoms with Crippen LogP contribution in [0.15, 0.2) is 30.5 Å². The van der Waals surface area contributed by atoms with E-state index in [1.54, 1.807) is 11.6 Å². The molecule has 9 heteroatoms.